The summed E-state index contributed by atoms with van der Waals surface area (Å²) in [4.78, 5) is 0. The minimum Gasteiger partial charge on any atom is -0.271 e. The Bertz CT molecular complexity index is 376. The minimum absolute atomic E-state index is 0.151. The number of hydrogen-bond acceptors (Lipinski definition) is 2. The van der Waals surface area contributed by atoms with Crippen LogP contribution < -0.4 is 11.3 Å². The molecule has 0 fully saturated rings. The van der Waals surface area contributed by atoms with E-state index in [-0.39, 0.29) is 5.56 Å². The van der Waals surface area contributed by atoms with Gasteiger partial charge in [0.25, 0.3) is 0 Å². The van der Waals surface area contributed by atoms with Crippen molar-refractivity contribution in [3.05, 3.63) is 35.1 Å². The third-order valence-corrected chi connectivity index (χ3v) is 2.47. The molecule has 17 heavy (non-hydrogen) atoms. The van der Waals surface area contributed by atoms with Gasteiger partial charge in [-0.2, -0.15) is 13.2 Å². The Morgan fingerprint density at radius 2 is 2.00 bits per heavy atom. The van der Waals surface area contributed by atoms with E-state index in [1.807, 2.05) is 6.92 Å². The fourth-order valence-corrected chi connectivity index (χ4v) is 1.70. The molecule has 0 bridgehead atoms. The highest BCUT2D eigenvalue weighted by molar-refractivity contribution is 5.33. The molecule has 3 N–H and O–H groups in total. The number of nitrogens with two attached hydrogens (primary N) is 1. The monoisotopic (exact) mass is 250 g/mol. The van der Waals surface area contributed by atoms with Crippen LogP contribution in [0.1, 0.15) is 36.9 Å². The van der Waals surface area contributed by atoms with E-state index in [0.717, 1.165) is 18.2 Å². The van der Waals surface area contributed by atoms with Gasteiger partial charge in [0, 0.05) is 6.04 Å². The quantitative estimate of drug-likeness (QED) is 0.489. The van der Waals surface area contributed by atoms with Gasteiger partial charge >= 0.3 is 6.18 Å². The highest BCUT2D eigenvalue weighted by Gasteiger charge is 2.35. The maximum Gasteiger partial charge on any atom is 0.416 e. The van der Waals surface area contributed by atoms with Crippen LogP contribution in [0.15, 0.2) is 18.2 Å². The van der Waals surface area contributed by atoms with Gasteiger partial charge in [0.2, 0.25) is 0 Å². The normalized spacial score (nSPS) is 13.8. The summed E-state index contributed by atoms with van der Waals surface area (Å²) in [5.41, 5.74) is 1.29. The number of hydrogen-bond donors (Lipinski definition) is 2. The molecular formula is C11H14F4N2. The number of alkyl halides is 3. The molecule has 0 saturated heterocycles. The Hall–Kier alpha value is -1.14. The van der Waals surface area contributed by atoms with Crippen LogP contribution in [0.3, 0.4) is 0 Å². The van der Waals surface area contributed by atoms with E-state index in [1.165, 1.54) is 0 Å². The summed E-state index contributed by atoms with van der Waals surface area (Å²) < 4.78 is 51.2. The van der Waals surface area contributed by atoms with E-state index in [0.29, 0.717) is 12.8 Å². The lowest BCUT2D eigenvalue weighted by Gasteiger charge is -2.20. The molecule has 0 radical (unpaired) electrons. The molecule has 1 unspecified atom stereocenters. The first kappa shape index (κ1) is 13.9. The van der Waals surface area contributed by atoms with E-state index >= 15 is 0 Å². The first-order chi connectivity index (χ1) is 7.90. The predicted molar refractivity (Wildman–Crippen MR) is 56.4 cm³/mol. The molecule has 0 aliphatic heterocycles. The molecule has 1 aromatic carbocycles. The molecule has 0 aliphatic carbocycles. The summed E-state index contributed by atoms with van der Waals surface area (Å²) in [6.45, 7) is 1.82. The van der Waals surface area contributed by atoms with Crippen LogP contribution in [-0.2, 0) is 6.18 Å². The van der Waals surface area contributed by atoms with Crippen LogP contribution in [-0.4, -0.2) is 0 Å². The Kier molecular flexibility index (Phi) is 4.47. The zero-order chi connectivity index (χ0) is 13.1. The van der Waals surface area contributed by atoms with Crippen molar-refractivity contribution in [2.75, 3.05) is 0 Å². The lowest BCUT2D eigenvalue weighted by molar-refractivity contribution is -0.138. The molecule has 96 valence electrons. The van der Waals surface area contributed by atoms with Crippen molar-refractivity contribution in [2.24, 2.45) is 5.84 Å². The molecule has 1 atom stereocenters. The maximum absolute atomic E-state index is 13.0. The van der Waals surface area contributed by atoms with Crippen LogP contribution in [0.25, 0.3) is 0 Å². The molecule has 1 aromatic rings. The van der Waals surface area contributed by atoms with E-state index < -0.39 is 23.6 Å². The Labute approximate surface area is 96.8 Å². The summed E-state index contributed by atoms with van der Waals surface area (Å²) in [6, 6.07) is 1.71. The lowest BCUT2D eigenvalue weighted by Crippen LogP contribution is -2.29. The van der Waals surface area contributed by atoms with Gasteiger partial charge in [-0.05, 0) is 30.2 Å². The van der Waals surface area contributed by atoms with E-state index in [2.05, 4.69) is 5.43 Å². The highest BCUT2D eigenvalue weighted by atomic mass is 19.4. The molecule has 0 aromatic heterocycles. The Balaban J connectivity index is 3.23. The molecule has 0 heterocycles. The third kappa shape index (κ3) is 3.41. The number of rotatable bonds is 4. The van der Waals surface area contributed by atoms with Crippen LogP contribution in [0.2, 0.25) is 0 Å². The highest BCUT2D eigenvalue weighted by Crippen LogP contribution is 2.35. The molecule has 1 rings (SSSR count). The van der Waals surface area contributed by atoms with Crippen LogP contribution in [0, 0.1) is 5.82 Å². The van der Waals surface area contributed by atoms with Crippen molar-refractivity contribution in [2.45, 2.75) is 32.0 Å². The fraction of sp³-hybridized carbons (Fsp3) is 0.455. The van der Waals surface area contributed by atoms with Crippen molar-refractivity contribution in [3.63, 3.8) is 0 Å². The number of nitrogens with one attached hydrogen (secondary N) is 1. The van der Waals surface area contributed by atoms with E-state index in [9.17, 15) is 17.6 Å². The number of hydrazine groups is 1. The maximum atomic E-state index is 13.0. The first-order valence-corrected chi connectivity index (χ1v) is 5.23. The zero-order valence-corrected chi connectivity index (χ0v) is 9.31. The molecule has 0 amide bonds. The molecular weight excluding hydrogens is 236 g/mol. The largest absolute Gasteiger partial charge is 0.416 e. The van der Waals surface area contributed by atoms with Gasteiger partial charge in [-0.15, -0.1) is 0 Å². The average Bonchev–Trinajstić information content (AvgIpc) is 2.24. The summed E-state index contributed by atoms with van der Waals surface area (Å²) in [5.74, 6) is 4.51. The summed E-state index contributed by atoms with van der Waals surface area (Å²) in [6.07, 6.45) is -3.46. The van der Waals surface area contributed by atoms with E-state index in [4.69, 9.17) is 5.84 Å². The average molecular weight is 250 g/mol. The topological polar surface area (TPSA) is 38.0 Å². The predicted octanol–water partition coefficient (Wildman–Crippen LogP) is 3.15. The first-order valence-electron chi connectivity index (χ1n) is 5.23. The smallest absolute Gasteiger partial charge is 0.271 e. The third-order valence-electron chi connectivity index (χ3n) is 2.47. The zero-order valence-electron chi connectivity index (χ0n) is 9.31. The van der Waals surface area contributed by atoms with E-state index in [1.54, 1.807) is 0 Å². The standard InChI is InChI=1S/C11H14F4N2/c1-2-3-10(17-16)8-6-7(12)4-5-9(8)11(13,14)15/h4-6,10,17H,2-3,16H2,1H3. The van der Waals surface area contributed by atoms with Crippen LogP contribution in [0.4, 0.5) is 17.6 Å². The van der Waals surface area contributed by atoms with Gasteiger partial charge < -0.3 is 0 Å². The Morgan fingerprint density at radius 3 is 2.47 bits per heavy atom. The molecule has 0 saturated carbocycles. The molecule has 2 nitrogen and oxygen atoms in total. The molecule has 6 heteroatoms. The summed E-state index contributed by atoms with van der Waals surface area (Å²) in [5, 5.41) is 0. The van der Waals surface area contributed by atoms with Gasteiger partial charge in [-0.1, -0.05) is 13.3 Å². The van der Waals surface area contributed by atoms with Crippen LogP contribution in [0.5, 0.6) is 0 Å². The van der Waals surface area contributed by atoms with Crippen molar-refractivity contribution >= 4 is 0 Å². The van der Waals surface area contributed by atoms with Gasteiger partial charge in [0.05, 0.1) is 5.56 Å². The van der Waals surface area contributed by atoms with Crippen molar-refractivity contribution in [1.82, 2.24) is 5.43 Å². The van der Waals surface area contributed by atoms with Gasteiger partial charge in [-0.3, -0.25) is 11.3 Å². The van der Waals surface area contributed by atoms with Crippen molar-refractivity contribution < 1.29 is 17.6 Å². The fourth-order valence-electron chi connectivity index (χ4n) is 1.70. The number of halogens is 4. The summed E-state index contributed by atoms with van der Waals surface area (Å²) in [7, 11) is 0. The van der Waals surface area contributed by atoms with Gasteiger partial charge in [-0.25, -0.2) is 4.39 Å². The number of benzene rings is 1. The van der Waals surface area contributed by atoms with Crippen molar-refractivity contribution in [1.29, 1.82) is 0 Å². The molecule has 0 spiro atoms. The van der Waals surface area contributed by atoms with Crippen LogP contribution >= 0.6 is 0 Å². The molecule has 0 aliphatic rings. The second kappa shape index (κ2) is 5.46. The minimum atomic E-state index is -4.51. The summed E-state index contributed by atoms with van der Waals surface area (Å²) >= 11 is 0. The SMILES string of the molecule is CCCC(NN)c1cc(F)ccc1C(F)(F)F. The van der Waals surface area contributed by atoms with Gasteiger partial charge in [0.1, 0.15) is 5.82 Å². The lowest BCUT2D eigenvalue weighted by atomic mass is 9.97. The van der Waals surface area contributed by atoms with Gasteiger partial charge in [0.15, 0.2) is 0 Å². The second-order valence-corrected chi connectivity index (χ2v) is 3.74. The second-order valence-electron chi connectivity index (χ2n) is 3.74. The Morgan fingerprint density at radius 1 is 1.35 bits per heavy atom. The van der Waals surface area contributed by atoms with Crippen molar-refractivity contribution in [3.8, 4) is 0 Å².